The van der Waals surface area contributed by atoms with Crippen molar-refractivity contribution in [2.24, 2.45) is 4.99 Å². The van der Waals surface area contributed by atoms with E-state index in [9.17, 15) is 8.42 Å². The molecule has 2 rings (SSSR count). The highest BCUT2D eigenvalue weighted by molar-refractivity contribution is 7.93. The molecular weight excluding hydrogens is 270 g/mol. The molecule has 1 aliphatic heterocycles. The molecule has 100 valence electrons. The third kappa shape index (κ3) is 2.84. The molecule has 0 unspecified atom stereocenters. The first-order chi connectivity index (χ1) is 8.53. The number of sulfone groups is 1. The van der Waals surface area contributed by atoms with Crippen LogP contribution < -0.4 is 5.32 Å². The lowest BCUT2D eigenvalue weighted by atomic mass is 10.5. The summed E-state index contributed by atoms with van der Waals surface area (Å²) in [6.07, 6.45) is 0. The highest BCUT2D eigenvalue weighted by atomic mass is 32.2. The molecule has 1 aliphatic rings. The van der Waals surface area contributed by atoms with Gasteiger partial charge in [-0.25, -0.2) is 8.42 Å². The lowest BCUT2D eigenvalue weighted by molar-refractivity contribution is 0.534. The van der Waals surface area contributed by atoms with E-state index in [0.29, 0.717) is 10.8 Å². The zero-order chi connectivity index (χ0) is 13.2. The van der Waals surface area contributed by atoms with E-state index in [0.717, 1.165) is 23.9 Å². The quantitative estimate of drug-likeness (QED) is 0.895. The van der Waals surface area contributed by atoms with Crippen molar-refractivity contribution in [3.05, 3.63) is 17.0 Å². The van der Waals surface area contributed by atoms with Crippen molar-refractivity contribution in [2.45, 2.75) is 17.7 Å². The second kappa shape index (κ2) is 5.27. The van der Waals surface area contributed by atoms with Gasteiger partial charge < -0.3 is 10.2 Å². The van der Waals surface area contributed by atoms with Gasteiger partial charge >= 0.3 is 0 Å². The molecule has 0 fully saturated rings. The fraction of sp³-hybridized carbons (Fsp3) is 0.545. The van der Waals surface area contributed by atoms with E-state index in [1.165, 1.54) is 11.3 Å². The smallest absolute Gasteiger partial charge is 0.194 e. The van der Waals surface area contributed by atoms with E-state index in [4.69, 9.17) is 0 Å². The zero-order valence-corrected chi connectivity index (χ0v) is 12.1. The zero-order valence-electron chi connectivity index (χ0n) is 10.5. The molecule has 1 N–H and O–H groups in total. The van der Waals surface area contributed by atoms with E-state index in [-0.39, 0.29) is 5.75 Å². The van der Waals surface area contributed by atoms with Gasteiger partial charge in [0, 0.05) is 18.5 Å². The Kier molecular flexibility index (Phi) is 3.91. The largest absolute Gasteiger partial charge is 0.351 e. The van der Waals surface area contributed by atoms with E-state index >= 15 is 0 Å². The Morgan fingerprint density at radius 3 is 2.89 bits per heavy atom. The lowest BCUT2D eigenvalue weighted by Crippen LogP contribution is -2.34. The van der Waals surface area contributed by atoms with E-state index in [2.05, 4.69) is 15.2 Å². The molecule has 18 heavy (non-hydrogen) atoms. The highest BCUT2D eigenvalue weighted by Crippen LogP contribution is 2.22. The molecule has 5 nitrogen and oxygen atoms in total. The van der Waals surface area contributed by atoms with Gasteiger partial charge in [0.25, 0.3) is 0 Å². The number of rotatable bonds is 4. The predicted molar refractivity (Wildman–Crippen MR) is 73.8 cm³/mol. The van der Waals surface area contributed by atoms with Crippen LogP contribution in [0.1, 0.15) is 11.8 Å². The number of nitrogens with one attached hydrogen (secondary N) is 1. The molecule has 7 heteroatoms. The summed E-state index contributed by atoms with van der Waals surface area (Å²) in [7, 11) is -1.09. The molecule has 0 bridgehead atoms. The van der Waals surface area contributed by atoms with Gasteiger partial charge in [0.1, 0.15) is 4.21 Å². The summed E-state index contributed by atoms with van der Waals surface area (Å²) in [6.45, 7) is 4.03. The van der Waals surface area contributed by atoms with E-state index in [1.54, 1.807) is 13.0 Å². The Morgan fingerprint density at radius 2 is 2.28 bits per heavy atom. The van der Waals surface area contributed by atoms with Gasteiger partial charge in [0.15, 0.2) is 15.8 Å². The monoisotopic (exact) mass is 287 g/mol. The molecule has 2 heterocycles. The van der Waals surface area contributed by atoms with Crippen molar-refractivity contribution in [1.82, 2.24) is 10.2 Å². The molecular formula is C11H17N3O2S2. The third-order valence-electron chi connectivity index (χ3n) is 2.80. The Hall–Kier alpha value is -1.08. The summed E-state index contributed by atoms with van der Waals surface area (Å²) in [6, 6.07) is 3.54. The van der Waals surface area contributed by atoms with Gasteiger partial charge in [-0.05, 0) is 12.1 Å². The van der Waals surface area contributed by atoms with Gasteiger partial charge in [-0.1, -0.05) is 6.92 Å². The van der Waals surface area contributed by atoms with Crippen molar-refractivity contribution in [2.75, 3.05) is 25.9 Å². The van der Waals surface area contributed by atoms with Crippen LogP contribution in [0.5, 0.6) is 0 Å². The number of hydrogen-bond acceptors (Lipinski definition) is 6. The van der Waals surface area contributed by atoms with Crippen LogP contribution in [0.4, 0.5) is 0 Å². The fourth-order valence-electron chi connectivity index (χ4n) is 1.65. The first-order valence-electron chi connectivity index (χ1n) is 5.84. The van der Waals surface area contributed by atoms with Crippen LogP contribution in [0, 0.1) is 0 Å². The van der Waals surface area contributed by atoms with E-state index < -0.39 is 9.84 Å². The van der Waals surface area contributed by atoms with Gasteiger partial charge in [-0.15, -0.1) is 11.3 Å². The Labute approximate surface area is 111 Å². The summed E-state index contributed by atoms with van der Waals surface area (Å²) in [5, 5.41) is 3.22. The topological polar surface area (TPSA) is 61.8 Å². The standard InChI is InChI=1S/C11H17N3O2S2/c1-3-18(15,16)10-5-4-9(17-10)8-13-11-12-6-7-14(11)2/h4-5H,3,6-8H2,1-2H3,(H,12,13). The minimum Gasteiger partial charge on any atom is -0.351 e. The number of likely N-dealkylation sites (N-methyl/N-ethyl adjacent to an activating group) is 1. The average molecular weight is 287 g/mol. The second-order valence-corrected chi connectivity index (χ2v) is 7.78. The number of nitrogens with zero attached hydrogens (tertiary/aromatic N) is 2. The number of guanidine groups is 1. The normalized spacial score (nSPS) is 15.9. The number of thiophene rings is 1. The van der Waals surface area contributed by atoms with Gasteiger partial charge in [-0.3, -0.25) is 4.99 Å². The van der Waals surface area contributed by atoms with Gasteiger partial charge in [0.05, 0.1) is 18.8 Å². The van der Waals surface area contributed by atoms with Crippen LogP contribution in [0.15, 0.2) is 21.3 Å². The van der Waals surface area contributed by atoms with Crippen molar-refractivity contribution >= 4 is 27.1 Å². The Balaban J connectivity index is 1.99. The highest BCUT2D eigenvalue weighted by Gasteiger charge is 2.15. The molecule has 1 aromatic rings. The molecule has 0 atom stereocenters. The molecule has 0 radical (unpaired) electrons. The summed E-state index contributed by atoms with van der Waals surface area (Å²) in [5.74, 6) is 1.03. The molecule has 0 saturated heterocycles. The van der Waals surface area contributed by atoms with Crippen LogP contribution in [0.3, 0.4) is 0 Å². The van der Waals surface area contributed by atoms with Crippen LogP contribution >= 0.6 is 11.3 Å². The number of aliphatic imine (C=N–C) groups is 1. The average Bonchev–Trinajstić information content (AvgIpc) is 2.96. The maximum atomic E-state index is 11.7. The summed E-state index contributed by atoms with van der Waals surface area (Å²) < 4.78 is 23.8. The van der Waals surface area contributed by atoms with Crippen LogP contribution in [0.2, 0.25) is 0 Å². The third-order valence-corrected chi connectivity index (χ3v) is 6.20. The predicted octanol–water partition coefficient (Wildman–Crippen LogP) is 0.933. The van der Waals surface area contributed by atoms with E-state index in [1.807, 2.05) is 13.1 Å². The van der Waals surface area contributed by atoms with Crippen molar-refractivity contribution < 1.29 is 8.42 Å². The minimum absolute atomic E-state index is 0.149. The molecule has 0 amide bonds. The first kappa shape index (κ1) is 13.4. The minimum atomic E-state index is -3.08. The van der Waals surface area contributed by atoms with Crippen molar-refractivity contribution in [1.29, 1.82) is 0 Å². The maximum absolute atomic E-state index is 11.7. The van der Waals surface area contributed by atoms with Gasteiger partial charge in [0.2, 0.25) is 0 Å². The van der Waals surface area contributed by atoms with Crippen LogP contribution in [0.25, 0.3) is 0 Å². The molecule has 0 saturated carbocycles. The molecule has 0 aromatic carbocycles. The summed E-state index contributed by atoms with van der Waals surface area (Å²) in [5.41, 5.74) is 0. The molecule has 0 spiro atoms. The Bertz CT molecular complexity index is 548. The SMILES string of the molecule is CCS(=O)(=O)c1ccc(CNC2=NCCN2C)s1. The Morgan fingerprint density at radius 1 is 1.50 bits per heavy atom. The summed E-state index contributed by atoms with van der Waals surface area (Å²) in [4.78, 5) is 7.38. The number of hydrogen-bond donors (Lipinski definition) is 1. The van der Waals surface area contributed by atoms with Gasteiger partial charge in [-0.2, -0.15) is 0 Å². The van der Waals surface area contributed by atoms with Crippen molar-refractivity contribution in [3.8, 4) is 0 Å². The lowest BCUT2D eigenvalue weighted by Gasteiger charge is -2.14. The van der Waals surface area contributed by atoms with Crippen LogP contribution in [-0.2, 0) is 16.4 Å². The second-order valence-electron chi connectivity index (χ2n) is 4.10. The maximum Gasteiger partial charge on any atom is 0.194 e. The first-order valence-corrected chi connectivity index (χ1v) is 8.30. The molecule has 1 aromatic heterocycles. The van der Waals surface area contributed by atoms with Crippen LogP contribution in [-0.4, -0.2) is 45.2 Å². The fourth-order valence-corrected chi connectivity index (χ4v) is 4.07. The van der Waals surface area contributed by atoms with Crippen molar-refractivity contribution in [3.63, 3.8) is 0 Å². The summed E-state index contributed by atoms with van der Waals surface area (Å²) >= 11 is 1.33. The molecule has 0 aliphatic carbocycles.